The second-order valence-electron chi connectivity index (χ2n) is 5.17. The minimum absolute atomic E-state index is 0.129. The van der Waals surface area contributed by atoms with Crippen molar-refractivity contribution in [2.24, 2.45) is 0 Å². The molecule has 0 aliphatic carbocycles. The van der Waals surface area contributed by atoms with Gasteiger partial charge in [0, 0.05) is 24.7 Å². The Bertz CT molecular complexity index is 502. The van der Waals surface area contributed by atoms with E-state index in [0.717, 1.165) is 26.1 Å². The Labute approximate surface area is 134 Å². The lowest BCUT2D eigenvalue weighted by atomic mass is 10.2. The van der Waals surface area contributed by atoms with Crippen LogP contribution in [0, 0.1) is 0 Å². The summed E-state index contributed by atoms with van der Waals surface area (Å²) in [4.78, 5) is 14.2. The predicted octanol–water partition coefficient (Wildman–Crippen LogP) is 2.62. The van der Waals surface area contributed by atoms with E-state index < -0.39 is 0 Å². The molecule has 1 heterocycles. The van der Waals surface area contributed by atoms with Gasteiger partial charge in [0.25, 0.3) is 0 Å². The van der Waals surface area contributed by atoms with Gasteiger partial charge in [0.1, 0.15) is 0 Å². The first-order valence-corrected chi connectivity index (χ1v) is 7.59. The zero-order chi connectivity index (χ0) is 15.4. The fourth-order valence-corrected chi connectivity index (χ4v) is 2.89. The number of rotatable bonds is 3. The van der Waals surface area contributed by atoms with E-state index in [1.807, 2.05) is 6.92 Å². The summed E-state index contributed by atoms with van der Waals surface area (Å²) in [5.74, 6) is -0.153. The van der Waals surface area contributed by atoms with Crippen LogP contribution >= 0.6 is 23.2 Å². The number of nitrogens with zero attached hydrogens (tertiary/aromatic N) is 1. The average Bonchev–Trinajstić information content (AvgIpc) is 2.58. The third-order valence-corrected chi connectivity index (χ3v) is 3.77. The summed E-state index contributed by atoms with van der Waals surface area (Å²) in [6.45, 7) is 4.59. The highest BCUT2D eigenvalue weighted by Gasteiger charge is 2.18. The van der Waals surface area contributed by atoms with Crippen molar-refractivity contribution in [3.8, 4) is 0 Å². The standard InChI is InChI=1S/C14H19Cl2N3O2/c1-9-7-19(3-2-4-21-9)8-13(20)18-14-11(16)5-10(15)6-12(14)17/h5-6,9H,2-4,7-8,17H2,1H3,(H,18,20). The van der Waals surface area contributed by atoms with Crippen molar-refractivity contribution in [1.82, 2.24) is 4.90 Å². The van der Waals surface area contributed by atoms with Gasteiger partial charge >= 0.3 is 0 Å². The molecule has 1 saturated heterocycles. The van der Waals surface area contributed by atoms with Crippen molar-refractivity contribution < 1.29 is 9.53 Å². The topological polar surface area (TPSA) is 67.6 Å². The second kappa shape index (κ2) is 7.31. The number of nitrogen functional groups attached to an aromatic ring is 1. The van der Waals surface area contributed by atoms with Crippen LogP contribution in [0.2, 0.25) is 10.0 Å². The molecule has 1 atom stereocenters. The molecular weight excluding hydrogens is 313 g/mol. The first kappa shape index (κ1) is 16.4. The highest BCUT2D eigenvalue weighted by Crippen LogP contribution is 2.31. The number of carbonyl (C=O) groups excluding carboxylic acids is 1. The molecule has 116 valence electrons. The maximum atomic E-state index is 12.1. The largest absolute Gasteiger partial charge is 0.397 e. The molecule has 0 saturated carbocycles. The Balaban J connectivity index is 1.98. The smallest absolute Gasteiger partial charge is 0.238 e. The summed E-state index contributed by atoms with van der Waals surface area (Å²) in [6.07, 6.45) is 1.05. The molecule has 1 aromatic carbocycles. The molecule has 1 fully saturated rings. The lowest BCUT2D eigenvalue weighted by molar-refractivity contribution is -0.117. The zero-order valence-electron chi connectivity index (χ0n) is 11.9. The Morgan fingerprint density at radius 1 is 1.52 bits per heavy atom. The molecule has 0 aromatic heterocycles. The van der Waals surface area contributed by atoms with Gasteiger partial charge in [0.15, 0.2) is 0 Å². The summed E-state index contributed by atoms with van der Waals surface area (Å²) in [5.41, 5.74) is 6.60. The van der Waals surface area contributed by atoms with Crippen LogP contribution in [-0.2, 0) is 9.53 Å². The lowest BCUT2D eigenvalue weighted by Gasteiger charge is -2.21. The summed E-state index contributed by atoms with van der Waals surface area (Å²) < 4.78 is 5.56. The number of halogens is 2. The van der Waals surface area contributed by atoms with Crippen LogP contribution in [0.15, 0.2) is 12.1 Å². The molecule has 1 unspecified atom stereocenters. The van der Waals surface area contributed by atoms with Gasteiger partial charge in [0.05, 0.1) is 29.0 Å². The maximum Gasteiger partial charge on any atom is 0.238 e. The number of nitrogens with one attached hydrogen (secondary N) is 1. The lowest BCUT2D eigenvalue weighted by Crippen LogP contribution is -2.37. The van der Waals surface area contributed by atoms with Gasteiger partial charge in [-0.3, -0.25) is 9.69 Å². The number of amides is 1. The molecular formula is C14H19Cl2N3O2. The Kier molecular flexibility index (Phi) is 5.70. The van der Waals surface area contributed by atoms with Crippen LogP contribution < -0.4 is 11.1 Å². The number of ether oxygens (including phenoxy) is 1. The highest BCUT2D eigenvalue weighted by atomic mass is 35.5. The van der Waals surface area contributed by atoms with Crippen LogP contribution in [0.25, 0.3) is 0 Å². The molecule has 0 spiro atoms. The molecule has 0 radical (unpaired) electrons. The number of carbonyl (C=O) groups is 1. The van der Waals surface area contributed by atoms with Gasteiger partial charge in [-0.1, -0.05) is 23.2 Å². The number of hydrogen-bond donors (Lipinski definition) is 2. The van der Waals surface area contributed by atoms with E-state index in [2.05, 4.69) is 10.2 Å². The Morgan fingerprint density at radius 2 is 2.29 bits per heavy atom. The minimum atomic E-state index is -0.153. The quantitative estimate of drug-likeness (QED) is 0.835. The van der Waals surface area contributed by atoms with Crippen molar-refractivity contribution in [2.75, 3.05) is 37.3 Å². The fraction of sp³-hybridized carbons (Fsp3) is 0.500. The van der Waals surface area contributed by atoms with E-state index >= 15 is 0 Å². The number of hydrogen-bond acceptors (Lipinski definition) is 4. The van der Waals surface area contributed by atoms with Gasteiger partial charge < -0.3 is 15.8 Å². The van der Waals surface area contributed by atoms with Gasteiger partial charge in [-0.25, -0.2) is 0 Å². The van der Waals surface area contributed by atoms with Gasteiger partial charge in [0.2, 0.25) is 5.91 Å². The van der Waals surface area contributed by atoms with Crippen molar-refractivity contribution in [1.29, 1.82) is 0 Å². The molecule has 3 N–H and O–H groups in total. The van der Waals surface area contributed by atoms with E-state index in [1.54, 1.807) is 12.1 Å². The first-order chi connectivity index (χ1) is 9.95. The zero-order valence-corrected chi connectivity index (χ0v) is 13.4. The van der Waals surface area contributed by atoms with Crippen LogP contribution in [0.3, 0.4) is 0 Å². The van der Waals surface area contributed by atoms with Gasteiger partial charge in [-0.15, -0.1) is 0 Å². The number of anilines is 2. The molecule has 1 aliphatic rings. The van der Waals surface area contributed by atoms with E-state index in [4.69, 9.17) is 33.7 Å². The predicted molar refractivity (Wildman–Crippen MR) is 86.0 cm³/mol. The van der Waals surface area contributed by atoms with E-state index in [0.29, 0.717) is 21.4 Å². The average molecular weight is 332 g/mol. The molecule has 1 amide bonds. The minimum Gasteiger partial charge on any atom is -0.397 e. The summed E-state index contributed by atoms with van der Waals surface area (Å²) >= 11 is 11.9. The van der Waals surface area contributed by atoms with Crippen LogP contribution in [0.1, 0.15) is 13.3 Å². The van der Waals surface area contributed by atoms with Crippen molar-refractivity contribution in [3.05, 3.63) is 22.2 Å². The molecule has 21 heavy (non-hydrogen) atoms. The monoisotopic (exact) mass is 331 g/mol. The Hall–Kier alpha value is -1.01. The SMILES string of the molecule is CC1CN(CC(=O)Nc2c(N)cc(Cl)cc2Cl)CCCO1. The fourth-order valence-electron chi connectivity index (χ4n) is 2.33. The van der Waals surface area contributed by atoms with E-state index in [-0.39, 0.29) is 18.6 Å². The third kappa shape index (κ3) is 4.74. The number of nitrogens with two attached hydrogens (primary N) is 1. The molecule has 2 rings (SSSR count). The van der Waals surface area contributed by atoms with Gasteiger partial charge in [-0.05, 0) is 25.5 Å². The van der Waals surface area contributed by atoms with Crippen molar-refractivity contribution in [2.45, 2.75) is 19.4 Å². The molecule has 7 heteroatoms. The van der Waals surface area contributed by atoms with Crippen LogP contribution in [0.4, 0.5) is 11.4 Å². The highest BCUT2D eigenvalue weighted by molar-refractivity contribution is 6.37. The van der Waals surface area contributed by atoms with Gasteiger partial charge in [-0.2, -0.15) is 0 Å². The van der Waals surface area contributed by atoms with Crippen LogP contribution in [-0.4, -0.2) is 43.2 Å². The maximum absolute atomic E-state index is 12.1. The van der Waals surface area contributed by atoms with Crippen molar-refractivity contribution >= 4 is 40.5 Å². The molecule has 0 bridgehead atoms. The first-order valence-electron chi connectivity index (χ1n) is 6.84. The molecule has 5 nitrogen and oxygen atoms in total. The normalized spacial score (nSPS) is 20.0. The summed E-state index contributed by atoms with van der Waals surface area (Å²) in [5, 5.41) is 3.52. The third-order valence-electron chi connectivity index (χ3n) is 3.25. The number of benzene rings is 1. The Morgan fingerprint density at radius 3 is 3.00 bits per heavy atom. The van der Waals surface area contributed by atoms with E-state index in [9.17, 15) is 4.79 Å². The second-order valence-corrected chi connectivity index (χ2v) is 6.01. The summed E-state index contributed by atoms with van der Waals surface area (Å²) in [7, 11) is 0. The summed E-state index contributed by atoms with van der Waals surface area (Å²) in [6, 6.07) is 3.11. The van der Waals surface area contributed by atoms with E-state index in [1.165, 1.54) is 0 Å². The van der Waals surface area contributed by atoms with Crippen LogP contribution in [0.5, 0.6) is 0 Å². The molecule has 1 aliphatic heterocycles. The van der Waals surface area contributed by atoms with Crippen molar-refractivity contribution in [3.63, 3.8) is 0 Å². The molecule has 1 aromatic rings.